The number of hydrogen-bond donors (Lipinski definition) is 2. The van der Waals surface area contributed by atoms with Gasteiger partial charge in [-0.1, -0.05) is 48.5 Å². The molecule has 232 valence electrons. The van der Waals surface area contributed by atoms with E-state index in [1.807, 2.05) is 24.5 Å². The maximum Gasteiger partial charge on any atom is 0.326 e. The number of carboxylic acid groups (broad SMARTS) is 1. The lowest BCUT2D eigenvalue weighted by Gasteiger charge is -2.57. The standard InChI is InChI=1S/C38H46N2O3S/c1-26-8-6-7-11-32(26)34-21-27(12-13-33(34)36(41)39-35(37(42)43)14-17-44-2)25-40(31-9-4-3-5-10-31)16-15-38-22-28-18-29(23-38)20-30(19-28)24-38/h3-13,21,28-30,35H,14-20,22-25H2,1-2H3,(H,39,41)(H,42,43). The highest BCUT2D eigenvalue weighted by atomic mass is 32.2. The van der Waals surface area contributed by atoms with Gasteiger partial charge in [0.15, 0.2) is 0 Å². The van der Waals surface area contributed by atoms with E-state index in [2.05, 4.69) is 71.7 Å². The van der Waals surface area contributed by atoms with Crippen molar-refractivity contribution >= 4 is 29.3 Å². The third-order valence-corrected chi connectivity index (χ3v) is 11.2. The number of para-hydroxylation sites is 1. The zero-order chi connectivity index (χ0) is 30.7. The SMILES string of the molecule is CSCCC(NC(=O)c1ccc(CN(CCC23CC4CC(CC(C4)C2)C3)c2ccccc2)cc1-c1ccccc1C)C(=O)O. The highest BCUT2D eigenvalue weighted by molar-refractivity contribution is 7.98. The van der Waals surface area contributed by atoms with E-state index in [0.717, 1.165) is 53.1 Å². The Hall–Kier alpha value is -3.25. The van der Waals surface area contributed by atoms with Crippen LogP contribution in [0.15, 0.2) is 72.8 Å². The van der Waals surface area contributed by atoms with Crippen LogP contribution in [0.1, 0.15) is 72.9 Å². The molecule has 0 aliphatic heterocycles. The van der Waals surface area contributed by atoms with Crippen LogP contribution in [0.3, 0.4) is 0 Å². The van der Waals surface area contributed by atoms with Crippen molar-refractivity contribution in [2.45, 2.75) is 70.9 Å². The average molecular weight is 611 g/mol. The fraction of sp³-hybridized carbons (Fsp3) is 0.474. The summed E-state index contributed by atoms with van der Waals surface area (Å²) in [6, 6.07) is 24.0. The van der Waals surface area contributed by atoms with Crippen molar-refractivity contribution in [1.82, 2.24) is 5.32 Å². The molecule has 0 saturated heterocycles. The van der Waals surface area contributed by atoms with E-state index in [1.54, 1.807) is 11.8 Å². The van der Waals surface area contributed by atoms with Gasteiger partial charge in [0.2, 0.25) is 0 Å². The lowest BCUT2D eigenvalue weighted by atomic mass is 9.49. The van der Waals surface area contributed by atoms with E-state index >= 15 is 0 Å². The van der Waals surface area contributed by atoms with Gasteiger partial charge in [0, 0.05) is 24.3 Å². The number of nitrogens with zero attached hydrogens (tertiary/aromatic N) is 1. The van der Waals surface area contributed by atoms with Crippen LogP contribution >= 0.6 is 11.8 Å². The monoisotopic (exact) mass is 610 g/mol. The molecule has 1 unspecified atom stereocenters. The van der Waals surface area contributed by atoms with Gasteiger partial charge in [-0.3, -0.25) is 4.79 Å². The Morgan fingerprint density at radius 1 is 0.932 bits per heavy atom. The van der Waals surface area contributed by atoms with Crippen molar-refractivity contribution in [2.24, 2.45) is 23.2 Å². The van der Waals surface area contributed by atoms with Crippen molar-refractivity contribution in [1.29, 1.82) is 0 Å². The molecule has 4 aliphatic carbocycles. The molecule has 4 aliphatic rings. The average Bonchev–Trinajstić information content (AvgIpc) is 3.01. The Balaban J connectivity index is 1.28. The molecule has 1 amide bonds. The fourth-order valence-electron chi connectivity index (χ4n) is 8.84. The second kappa shape index (κ2) is 13.4. The number of amides is 1. The number of nitrogens with one attached hydrogen (secondary N) is 1. The summed E-state index contributed by atoms with van der Waals surface area (Å²) < 4.78 is 0. The molecule has 7 rings (SSSR count). The number of anilines is 1. The van der Waals surface area contributed by atoms with E-state index < -0.39 is 12.0 Å². The van der Waals surface area contributed by atoms with Crippen LogP contribution in [-0.2, 0) is 11.3 Å². The van der Waals surface area contributed by atoms with Gasteiger partial charge < -0.3 is 15.3 Å². The topological polar surface area (TPSA) is 69.6 Å². The lowest BCUT2D eigenvalue weighted by Crippen LogP contribution is -2.47. The minimum atomic E-state index is -1.00. The van der Waals surface area contributed by atoms with Crippen LogP contribution in [0.25, 0.3) is 11.1 Å². The number of rotatable bonds is 13. The maximum atomic E-state index is 13.6. The Kier molecular flexibility index (Phi) is 9.37. The normalized spacial score (nSPS) is 24.2. The van der Waals surface area contributed by atoms with Gasteiger partial charge in [-0.25, -0.2) is 4.79 Å². The van der Waals surface area contributed by atoms with E-state index in [1.165, 1.54) is 50.6 Å². The Bertz CT molecular complexity index is 1440. The lowest BCUT2D eigenvalue weighted by molar-refractivity contribution is -0.139. The van der Waals surface area contributed by atoms with E-state index in [0.29, 0.717) is 23.2 Å². The zero-order valence-electron chi connectivity index (χ0n) is 26.1. The molecule has 5 nitrogen and oxygen atoms in total. The summed E-state index contributed by atoms with van der Waals surface area (Å²) in [5.41, 5.74) is 6.32. The van der Waals surface area contributed by atoms with Gasteiger partial charge in [-0.15, -0.1) is 0 Å². The number of aryl methyl sites for hydroxylation is 1. The summed E-state index contributed by atoms with van der Waals surface area (Å²) in [6.07, 6.45) is 12.2. The quantitative estimate of drug-likeness (QED) is 0.204. The number of thioether (sulfide) groups is 1. The first-order valence-electron chi connectivity index (χ1n) is 16.3. The van der Waals surface area contributed by atoms with Gasteiger partial charge in [-0.2, -0.15) is 11.8 Å². The van der Waals surface area contributed by atoms with Crippen LogP contribution in [-0.4, -0.2) is 41.6 Å². The predicted octanol–water partition coefficient (Wildman–Crippen LogP) is 8.21. The summed E-state index contributed by atoms with van der Waals surface area (Å²) in [4.78, 5) is 28.0. The second-order valence-electron chi connectivity index (χ2n) is 13.8. The maximum absolute atomic E-state index is 13.6. The Morgan fingerprint density at radius 2 is 1.59 bits per heavy atom. The van der Waals surface area contributed by atoms with Crippen molar-refractivity contribution in [3.63, 3.8) is 0 Å². The number of benzene rings is 3. The molecule has 3 aromatic carbocycles. The molecule has 4 bridgehead atoms. The molecule has 3 aromatic rings. The molecular weight excluding hydrogens is 564 g/mol. The van der Waals surface area contributed by atoms with Gasteiger partial charge in [0.1, 0.15) is 6.04 Å². The third-order valence-electron chi connectivity index (χ3n) is 10.5. The molecule has 1 atom stereocenters. The summed E-state index contributed by atoms with van der Waals surface area (Å²) >= 11 is 1.58. The first kappa shape index (κ1) is 30.8. The largest absolute Gasteiger partial charge is 0.480 e. The molecule has 0 heterocycles. The van der Waals surface area contributed by atoms with Crippen molar-refractivity contribution in [3.8, 4) is 11.1 Å². The van der Waals surface area contributed by atoms with Crippen LogP contribution in [0.4, 0.5) is 5.69 Å². The Morgan fingerprint density at radius 3 is 2.23 bits per heavy atom. The highest BCUT2D eigenvalue weighted by Crippen LogP contribution is 2.61. The minimum Gasteiger partial charge on any atom is -0.480 e. The molecule has 2 N–H and O–H groups in total. The number of hydrogen-bond acceptors (Lipinski definition) is 4. The smallest absolute Gasteiger partial charge is 0.326 e. The number of carbonyl (C=O) groups excluding carboxylic acids is 1. The van der Waals surface area contributed by atoms with Gasteiger partial charge in [-0.05, 0) is 140 Å². The van der Waals surface area contributed by atoms with Crippen LogP contribution in [0.5, 0.6) is 0 Å². The van der Waals surface area contributed by atoms with E-state index in [9.17, 15) is 14.7 Å². The highest BCUT2D eigenvalue weighted by Gasteiger charge is 2.50. The molecule has 6 heteroatoms. The first-order valence-corrected chi connectivity index (χ1v) is 17.7. The van der Waals surface area contributed by atoms with Crippen molar-refractivity contribution in [2.75, 3.05) is 23.5 Å². The predicted molar refractivity (Wildman–Crippen MR) is 181 cm³/mol. The summed E-state index contributed by atoms with van der Waals surface area (Å²) in [7, 11) is 0. The zero-order valence-corrected chi connectivity index (χ0v) is 27.0. The van der Waals surface area contributed by atoms with E-state index in [4.69, 9.17) is 0 Å². The molecule has 0 spiro atoms. The van der Waals surface area contributed by atoms with Gasteiger partial charge in [0.05, 0.1) is 0 Å². The van der Waals surface area contributed by atoms with Crippen LogP contribution in [0, 0.1) is 30.1 Å². The Labute approximate surface area is 266 Å². The van der Waals surface area contributed by atoms with Crippen LogP contribution < -0.4 is 10.2 Å². The summed E-state index contributed by atoms with van der Waals surface area (Å²) in [6.45, 7) is 3.83. The van der Waals surface area contributed by atoms with Gasteiger partial charge in [0.25, 0.3) is 5.91 Å². The van der Waals surface area contributed by atoms with Crippen molar-refractivity contribution in [3.05, 3.63) is 89.5 Å². The number of aliphatic carboxylic acids is 1. The molecule has 44 heavy (non-hydrogen) atoms. The first-order chi connectivity index (χ1) is 21.3. The fourth-order valence-corrected chi connectivity index (χ4v) is 9.31. The van der Waals surface area contributed by atoms with Gasteiger partial charge >= 0.3 is 5.97 Å². The molecule has 4 fully saturated rings. The number of carbonyl (C=O) groups is 2. The third kappa shape index (κ3) is 6.86. The second-order valence-corrected chi connectivity index (χ2v) is 14.8. The molecule has 0 radical (unpaired) electrons. The summed E-state index contributed by atoms with van der Waals surface area (Å²) in [5, 5.41) is 12.6. The minimum absolute atomic E-state index is 0.343. The molecular formula is C38H46N2O3S. The van der Waals surface area contributed by atoms with Crippen LogP contribution in [0.2, 0.25) is 0 Å². The molecule has 4 saturated carbocycles. The summed E-state index contributed by atoms with van der Waals surface area (Å²) in [5.74, 6) is 2.16. The molecule has 0 aromatic heterocycles. The number of carboxylic acids is 1. The van der Waals surface area contributed by atoms with Crippen molar-refractivity contribution < 1.29 is 14.7 Å². The van der Waals surface area contributed by atoms with E-state index in [-0.39, 0.29) is 5.91 Å².